The zero-order chi connectivity index (χ0) is 20.2. The molecule has 0 amide bonds. The zero-order valence-electron chi connectivity index (χ0n) is 16.8. The minimum atomic E-state index is -2.43. The topological polar surface area (TPSA) is 55.2 Å². The van der Waals surface area contributed by atoms with E-state index in [1.165, 1.54) is 16.6 Å². The van der Waals surface area contributed by atoms with Gasteiger partial charge in [0.15, 0.2) is 0 Å². The fourth-order valence-electron chi connectivity index (χ4n) is 4.51. The van der Waals surface area contributed by atoms with Gasteiger partial charge in [-0.3, -0.25) is 0 Å². The quantitative estimate of drug-likeness (QED) is 0.711. The van der Waals surface area contributed by atoms with Gasteiger partial charge in [0.1, 0.15) is 18.1 Å². The minimum Gasteiger partial charge on any atom is -0.494 e. The van der Waals surface area contributed by atoms with Crippen molar-refractivity contribution in [1.82, 2.24) is 19.7 Å². The second-order valence-electron chi connectivity index (χ2n) is 8.14. The van der Waals surface area contributed by atoms with E-state index >= 15 is 0 Å². The Morgan fingerprint density at radius 1 is 1.34 bits per heavy atom. The van der Waals surface area contributed by atoms with Crippen molar-refractivity contribution in [3.8, 4) is 5.75 Å². The van der Waals surface area contributed by atoms with Crippen molar-refractivity contribution in [3.63, 3.8) is 0 Å². The summed E-state index contributed by atoms with van der Waals surface area (Å²) in [5, 5.41) is 7.32. The maximum absolute atomic E-state index is 13.5. The van der Waals surface area contributed by atoms with Crippen LogP contribution in [0.15, 0.2) is 30.6 Å². The molecule has 158 valence electrons. The third-order valence-electron chi connectivity index (χ3n) is 5.98. The molecule has 1 aromatic carbocycles. The molecule has 3 atom stereocenters. The van der Waals surface area contributed by atoms with Gasteiger partial charge in [0.25, 0.3) is 6.43 Å². The highest BCUT2D eigenvalue weighted by Gasteiger charge is 2.38. The van der Waals surface area contributed by atoms with Gasteiger partial charge in [0.05, 0.1) is 6.61 Å². The number of benzene rings is 1. The number of hydrogen-bond donors (Lipinski definition) is 1. The number of rotatable bonds is 7. The van der Waals surface area contributed by atoms with Gasteiger partial charge in [0, 0.05) is 19.1 Å². The summed E-state index contributed by atoms with van der Waals surface area (Å²) >= 11 is 0. The van der Waals surface area contributed by atoms with Gasteiger partial charge < -0.3 is 15.0 Å². The van der Waals surface area contributed by atoms with Crippen molar-refractivity contribution in [2.75, 3.05) is 31.6 Å². The lowest BCUT2D eigenvalue weighted by Gasteiger charge is -2.40. The SMILES string of the molecule is Cc1cccc(OCCCN2CCC[C@@H]([C@@H]3C[C@H](C(F)F)n4ncnc4N3)C2)c1. The molecule has 1 fully saturated rings. The van der Waals surface area contributed by atoms with Crippen LogP contribution in [0, 0.1) is 12.8 Å². The van der Waals surface area contributed by atoms with Gasteiger partial charge in [-0.25, -0.2) is 13.5 Å². The molecule has 0 radical (unpaired) electrons. The van der Waals surface area contributed by atoms with Gasteiger partial charge >= 0.3 is 0 Å². The predicted octanol–water partition coefficient (Wildman–Crippen LogP) is 3.76. The number of piperidine rings is 1. The van der Waals surface area contributed by atoms with Crippen LogP contribution in [0.3, 0.4) is 0 Å². The average Bonchev–Trinajstić information content (AvgIpc) is 3.19. The van der Waals surface area contributed by atoms with Crippen molar-refractivity contribution >= 4 is 5.95 Å². The molecule has 6 nitrogen and oxygen atoms in total. The molecule has 1 saturated heterocycles. The van der Waals surface area contributed by atoms with Crippen LogP contribution >= 0.6 is 0 Å². The normalized spacial score (nSPS) is 24.9. The number of hydrogen-bond acceptors (Lipinski definition) is 5. The van der Waals surface area contributed by atoms with Crippen molar-refractivity contribution in [2.24, 2.45) is 5.92 Å². The van der Waals surface area contributed by atoms with E-state index in [9.17, 15) is 8.78 Å². The van der Waals surface area contributed by atoms with E-state index in [-0.39, 0.29) is 6.04 Å². The number of nitrogens with zero attached hydrogens (tertiary/aromatic N) is 4. The smallest absolute Gasteiger partial charge is 0.260 e. The molecular formula is C21H29F2N5O. The first-order valence-corrected chi connectivity index (χ1v) is 10.5. The summed E-state index contributed by atoms with van der Waals surface area (Å²) in [4.78, 5) is 6.56. The Morgan fingerprint density at radius 2 is 2.24 bits per heavy atom. The number of fused-ring (bicyclic) bond motifs is 1. The molecule has 0 unspecified atom stereocenters. The van der Waals surface area contributed by atoms with Gasteiger partial charge in [-0.2, -0.15) is 10.1 Å². The van der Waals surface area contributed by atoms with Crippen LogP contribution < -0.4 is 10.1 Å². The van der Waals surface area contributed by atoms with E-state index in [2.05, 4.69) is 33.3 Å². The Labute approximate surface area is 170 Å². The first-order chi connectivity index (χ1) is 14.1. The fourth-order valence-corrected chi connectivity index (χ4v) is 4.51. The Morgan fingerprint density at radius 3 is 3.07 bits per heavy atom. The summed E-state index contributed by atoms with van der Waals surface area (Å²) in [6, 6.07) is 7.21. The van der Waals surface area contributed by atoms with Crippen molar-refractivity contribution < 1.29 is 13.5 Å². The van der Waals surface area contributed by atoms with Crippen molar-refractivity contribution in [1.29, 1.82) is 0 Å². The van der Waals surface area contributed by atoms with E-state index in [0.717, 1.165) is 44.6 Å². The molecule has 1 aromatic heterocycles. The van der Waals surface area contributed by atoms with Crippen LogP contribution in [-0.2, 0) is 0 Å². The molecule has 3 heterocycles. The third kappa shape index (κ3) is 4.86. The highest BCUT2D eigenvalue weighted by atomic mass is 19.3. The molecule has 0 aliphatic carbocycles. The molecule has 0 spiro atoms. The monoisotopic (exact) mass is 405 g/mol. The average molecular weight is 405 g/mol. The highest BCUT2D eigenvalue weighted by Crippen LogP contribution is 2.34. The molecule has 0 saturated carbocycles. The molecule has 8 heteroatoms. The number of nitrogens with one attached hydrogen (secondary N) is 1. The van der Waals surface area contributed by atoms with Crippen molar-refractivity contribution in [2.45, 2.75) is 51.1 Å². The first kappa shape index (κ1) is 20.1. The molecule has 1 N–H and O–H groups in total. The maximum atomic E-state index is 13.5. The Kier molecular flexibility index (Phi) is 6.28. The number of alkyl halides is 2. The lowest BCUT2D eigenvalue weighted by Crippen LogP contribution is -2.47. The second-order valence-corrected chi connectivity index (χ2v) is 8.14. The molecule has 2 aliphatic rings. The van der Waals surface area contributed by atoms with Crippen LogP contribution in [-0.4, -0.2) is 58.4 Å². The molecule has 4 rings (SSSR count). The van der Waals surface area contributed by atoms with Crippen molar-refractivity contribution in [3.05, 3.63) is 36.2 Å². The van der Waals surface area contributed by atoms with E-state index < -0.39 is 12.5 Å². The largest absolute Gasteiger partial charge is 0.494 e. The lowest BCUT2D eigenvalue weighted by molar-refractivity contribution is 0.0552. The molecule has 2 aromatic rings. The molecular weight excluding hydrogens is 376 g/mol. The summed E-state index contributed by atoms with van der Waals surface area (Å²) in [5.41, 5.74) is 1.19. The molecule has 0 bridgehead atoms. The molecule has 29 heavy (non-hydrogen) atoms. The van der Waals surface area contributed by atoms with Gasteiger partial charge in [-0.1, -0.05) is 12.1 Å². The maximum Gasteiger partial charge on any atom is 0.260 e. The summed E-state index contributed by atoms with van der Waals surface area (Å²) < 4.78 is 34.2. The minimum absolute atomic E-state index is 0.0112. The standard InChI is InChI=1S/C21H29F2N5O/c1-15-5-2-7-17(11-15)29-10-4-9-27-8-3-6-16(13-27)18-12-19(20(22)23)28-21(26-18)24-14-25-28/h2,5,7,11,14,16,18-20H,3-4,6,8-10,12-13H2,1H3,(H,24,25,26)/t16-,18+,19-/m1/s1. The van der Waals surface area contributed by atoms with Gasteiger partial charge in [-0.15, -0.1) is 0 Å². The highest BCUT2D eigenvalue weighted by molar-refractivity contribution is 5.30. The number of aryl methyl sites for hydroxylation is 1. The summed E-state index contributed by atoms with van der Waals surface area (Å²) in [7, 11) is 0. The van der Waals surface area contributed by atoms with E-state index in [4.69, 9.17) is 4.74 Å². The Bertz CT molecular complexity index is 799. The van der Waals surface area contributed by atoms with Crippen LogP contribution in [0.1, 0.15) is 37.3 Å². The number of aromatic nitrogens is 3. The van der Waals surface area contributed by atoms with E-state index in [1.807, 2.05) is 18.2 Å². The second kappa shape index (κ2) is 9.07. The van der Waals surface area contributed by atoms with Gasteiger partial charge in [-0.05, 0) is 62.8 Å². The predicted molar refractivity (Wildman–Crippen MR) is 108 cm³/mol. The Hall–Kier alpha value is -2.22. The van der Waals surface area contributed by atoms with Gasteiger partial charge in [0.2, 0.25) is 5.95 Å². The van der Waals surface area contributed by atoms with Crippen LogP contribution in [0.25, 0.3) is 0 Å². The molecule has 2 aliphatic heterocycles. The van der Waals surface area contributed by atoms with Crippen LogP contribution in [0.2, 0.25) is 0 Å². The third-order valence-corrected chi connectivity index (χ3v) is 5.98. The summed E-state index contributed by atoms with van der Waals surface area (Å²) in [5.74, 6) is 1.72. The number of halogens is 2. The summed E-state index contributed by atoms with van der Waals surface area (Å²) in [6.07, 6.45) is 2.40. The van der Waals surface area contributed by atoms with E-state index in [0.29, 0.717) is 24.9 Å². The number of ether oxygens (including phenoxy) is 1. The van der Waals surface area contributed by atoms with Crippen LogP contribution in [0.4, 0.5) is 14.7 Å². The zero-order valence-corrected chi connectivity index (χ0v) is 16.8. The van der Waals surface area contributed by atoms with E-state index in [1.54, 1.807) is 0 Å². The Balaban J connectivity index is 1.27. The summed E-state index contributed by atoms with van der Waals surface area (Å²) in [6.45, 7) is 5.68. The first-order valence-electron chi connectivity index (χ1n) is 10.5. The number of anilines is 1. The van der Waals surface area contributed by atoms with Crippen LogP contribution in [0.5, 0.6) is 5.75 Å². The number of likely N-dealkylation sites (tertiary alicyclic amines) is 1. The fraction of sp³-hybridized carbons (Fsp3) is 0.619. The lowest BCUT2D eigenvalue weighted by atomic mass is 9.86.